The van der Waals surface area contributed by atoms with Crippen molar-refractivity contribution in [2.45, 2.75) is 12.8 Å². The van der Waals surface area contributed by atoms with E-state index in [0.29, 0.717) is 23.6 Å². The third-order valence-corrected chi connectivity index (χ3v) is 3.04. The van der Waals surface area contributed by atoms with Gasteiger partial charge in [-0.2, -0.15) is 0 Å². The first-order chi connectivity index (χ1) is 8.31. The summed E-state index contributed by atoms with van der Waals surface area (Å²) < 4.78 is 10.4. The molecule has 1 N–H and O–H groups in total. The van der Waals surface area contributed by atoms with Crippen LogP contribution in [0, 0.1) is 0 Å². The first kappa shape index (κ1) is 12.2. The van der Waals surface area contributed by atoms with Crippen molar-refractivity contribution in [1.82, 2.24) is 5.32 Å². The van der Waals surface area contributed by atoms with E-state index in [0.717, 1.165) is 18.2 Å². The summed E-state index contributed by atoms with van der Waals surface area (Å²) in [6.45, 7) is 0.921. The fourth-order valence-electron chi connectivity index (χ4n) is 1.56. The van der Waals surface area contributed by atoms with Crippen molar-refractivity contribution in [1.29, 1.82) is 0 Å². The second kappa shape index (κ2) is 5.91. The van der Waals surface area contributed by atoms with Crippen molar-refractivity contribution < 1.29 is 14.3 Å². The highest BCUT2D eigenvalue weighted by atomic mass is 79.9. The fourth-order valence-corrected chi connectivity index (χ4v) is 1.96. The highest BCUT2D eigenvalue weighted by Crippen LogP contribution is 2.32. The van der Waals surface area contributed by atoms with Crippen molar-refractivity contribution in [2.75, 3.05) is 18.7 Å². The molecular weight excluding hydrogens is 286 g/mol. The van der Waals surface area contributed by atoms with Crippen LogP contribution in [0.15, 0.2) is 18.2 Å². The Morgan fingerprint density at radius 1 is 1.29 bits per heavy atom. The van der Waals surface area contributed by atoms with Gasteiger partial charge in [-0.25, -0.2) is 0 Å². The molecule has 1 aromatic rings. The number of hydrogen-bond acceptors (Lipinski definition) is 3. The molecule has 5 heteroatoms. The third-order valence-electron chi connectivity index (χ3n) is 2.48. The molecule has 0 atom stereocenters. The first-order valence-corrected chi connectivity index (χ1v) is 6.67. The zero-order valence-electron chi connectivity index (χ0n) is 9.37. The van der Waals surface area contributed by atoms with E-state index in [1.54, 1.807) is 18.2 Å². The number of amides is 1. The van der Waals surface area contributed by atoms with Gasteiger partial charge < -0.3 is 14.8 Å². The van der Waals surface area contributed by atoms with Crippen molar-refractivity contribution in [2.24, 2.45) is 0 Å². The van der Waals surface area contributed by atoms with Gasteiger partial charge >= 0.3 is 0 Å². The van der Waals surface area contributed by atoms with Crippen LogP contribution in [0.1, 0.15) is 23.2 Å². The summed E-state index contributed by atoms with van der Waals surface area (Å²) in [4.78, 5) is 11.8. The lowest BCUT2D eigenvalue weighted by Gasteiger charge is -2.05. The maximum atomic E-state index is 11.8. The average Bonchev–Trinajstić information content (AvgIpc) is 2.81. The molecule has 1 aliphatic rings. The SMILES string of the molecule is O=C(NCCCCBr)c1ccc2c(c1)OCO2. The fraction of sp³-hybridized carbons (Fsp3) is 0.417. The summed E-state index contributed by atoms with van der Waals surface area (Å²) >= 11 is 3.35. The molecular formula is C12H14BrNO3. The van der Waals surface area contributed by atoms with Crippen molar-refractivity contribution >= 4 is 21.8 Å². The highest BCUT2D eigenvalue weighted by molar-refractivity contribution is 9.09. The van der Waals surface area contributed by atoms with E-state index in [-0.39, 0.29) is 12.7 Å². The standard InChI is InChI=1S/C12H14BrNO3/c13-5-1-2-6-14-12(15)9-3-4-10-11(7-9)17-8-16-10/h3-4,7H,1-2,5-6,8H2,(H,14,15). The van der Waals surface area contributed by atoms with Gasteiger partial charge in [0.2, 0.25) is 6.79 Å². The Hall–Kier alpha value is -1.23. The normalized spacial score (nSPS) is 12.5. The Morgan fingerprint density at radius 3 is 2.94 bits per heavy atom. The van der Waals surface area contributed by atoms with Crippen LogP contribution < -0.4 is 14.8 Å². The predicted molar refractivity (Wildman–Crippen MR) is 67.9 cm³/mol. The van der Waals surface area contributed by atoms with Gasteiger partial charge in [0, 0.05) is 17.4 Å². The van der Waals surface area contributed by atoms with E-state index in [2.05, 4.69) is 21.2 Å². The molecule has 1 amide bonds. The lowest BCUT2D eigenvalue weighted by Crippen LogP contribution is -2.24. The van der Waals surface area contributed by atoms with Crippen molar-refractivity contribution in [3.05, 3.63) is 23.8 Å². The molecule has 2 rings (SSSR count). The topological polar surface area (TPSA) is 47.6 Å². The van der Waals surface area contributed by atoms with E-state index in [1.165, 1.54) is 0 Å². The quantitative estimate of drug-likeness (QED) is 0.670. The Balaban J connectivity index is 1.91. The Labute approximate surface area is 108 Å². The Morgan fingerprint density at radius 2 is 2.12 bits per heavy atom. The number of ether oxygens (including phenoxy) is 2. The highest BCUT2D eigenvalue weighted by Gasteiger charge is 2.15. The zero-order valence-corrected chi connectivity index (χ0v) is 11.0. The summed E-state index contributed by atoms with van der Waals surface area (Å²) in [5, 5.41) is 3.83. The molecule has 0 saturated carbocycles. The van der Waals surface area contributed by atoms with Gasteiger partial charge in [0.1, 0.15) is 0 Å². The molecule has 0 radical (unpaired) electrons. The average molecular weight is 300 g/mol. The molecule has 0 saturated heterocycles. The van der Waals surface area contributed by atoms with Crippen LogP contribution >= 0.6 is 15.9 Å². The predicted octanol–water partition coefficient (Wildman–Crippen LogP) is 2.32. The summed E-state index contributed by atoms with van der Waals surface area (Å²) in [7, 11) is 0. The smallest absolute Gasteiger partial charge is 0.251 e. The maximum absolute atomic E-state index is 11.8. The van der Waals surface area contributed by atoms with E-state index < -0.39 is 0 Å². The van der Waals surface area contributed by atoms with E-state index in [9.17, 15) is 4.79 Å². The van der Waals surface area contributed by atoms with Crippen molar-refractivity contribution in [3.8, 4) is 11.5 Å². The molecule has 1 heterocycles. The molecule has 0 bridgehead atoms. The first-order valence-electron chi connectivity index (χ1n) is 5.55. The minimum absolute atomic E-state index is 0.0714. The largest absolute Gasteiger partial charge is 0.454 e. The van der Waals surface area contributed by atoms with Gasteiger partial charge in [0.15, 0.2) is 11.5 Å². The van der Waals surface area contributed by atoms with Crippen molar-refractivity contribution in [3.63, 3.8) is 0 Å². The van der Waals surface area contributed by atoms with Gasteiger partial charge in [0.05, 0.1) is 0 Å². The molecule has 17 heavy (non-hydrogen) atoms. The van der Waals surface area contributed by atoms with Gasteiger partial charge in [0.25, 0.3) is 5.91 Å². The monoisotopic (exact) mass is 299 g/mol. The maximum Gasteiger partial charge on any atom is 0.251 e. The Bertz CT molecular complexity index is 409. The number of carbonyl (C=O) groups excluding carboxylic acids is 1. The second-order valence-electron chi connectivity index (χ2n) is 3.72. The number of fused-ring (bicyclic) bond motifs is 1. The molecule has 0 aliphatic carbocycles. The van der Waals surface area contributed by atoms with Gasteiger partial charge in [-0.1, -0.05) is 15.9 Å². The van der Waals surface area contributed by atoms with Crippen LogP contribution in [0.5, 0.6) is 11.5 Å². The van der Waals surface area contributed by atoms with Crippen LogP contribution in [0.25, 0.3) is 0 Å². The minimum atomic E-state index is -0.0714. The molecule has 0 aromatic heterocycles. The number of benzene rings is 1. The van der Waals surface area contributed by atoms with Gasteiger partial charge in [-0.15, -0.1) is 0 Å². The lowest BCUT2D eigenvalue weighted by molar-refractivity contribution is 0.0952. The van der Waals surface area contributed by atoms with Crippen LogP contribution in [0.3, 0.4) is 0 Å². The number of nitrogens with one attached hydrogen (secondary N) is 1. The molecule has 0 fully saturated rings. The molecule has 4 nitrogen and oxygen atoms in total. The van der Waals surface area contributed by atoms with E-state index in [4.69, 9.17) is 9.47 Å². The number of rotatable bonds is 5. The van der Waals surface area contributed by atoms with Crippen LogP contribution in [0.4, 0.5) is 0 Å². The van der Waals surface area contributed by atoms with E-state index in [1.807, 2.05) is 0 Å². The number of carbonyl (C=O) groups is 1. The number of halogens is 1. The molecule has 0 unspecified atom stereocenters. The molecule has 92 valence electrons. The molecule has 1 aromatic carbocycles. The summed E-state index contributed by atoms with van der Waals surface area (Å²) in [6.07, 6.45) is 2.03. The summed E-state index contributed by atoms with van der Waals surface area (Å²) in [5.74, 6) is 1.26. The molecule has 1 aliphatic heterocycles. The van der Waals surface area contributed by atoms with Gasteiger partial charge in [-0.05, 0) is 31.0 Å². The second-order valence-corrected chi connectivity index (χ2v) is 4.51. The van der Waals surface area contributed by atoms with Crippen LogP contribution in [-0.4, -0.2) is 24.6 Å². The van der Waals surface area contributed by atoms with E-state index >= 15 is 0 Å². The number of alkyl halides is 1. The summed E-state index contributed by atoms with van der Waals surface area (Å²) in [6, 6.07) is 5.21. The third kappa shape index (κ3) is 3.12. The minimum Gasteiger partial charge on any atom is -0.454 e. The summed E-state index contributed by atoms with van der Waals surface area (Å²) in [5.41, 5.74) is 0.605. The lowest BCUT2D eigenvalue weighted by atomic mass is 10.2. The number of unbranched alkanes of at least 4 members (excludes halogenated alkanes) is 1. The zero-order chi connectivity index (χ0) is 12.1. The van der Waals surface area contributed by atoms with Gasteiger partial charge in [-0.3, -0.25) is 4.79 Å². The number of hydrogen-bond donors (Lipinski definition) is 1. The molecule has 0 spiro atoms. The van der Waals surface area contributed by atoms with Crippen LogP contribution in [0.2, 0.25) is 0 Å². The van der Waals surface area contributed by atoms with Crippen LogP contribution in [-0.2, 0) is 0 Å². The Kier molecular flexibility index (Phi) is 4.25.